The van der Waals surface area contributed by atoms with E-state index in [2.05, 4.69) is 5.32 Å². The Balaban J connectivity index is 1.91. The number of nitrogens with one attached hydrogen (secondary N) is 1. The van der Waals surface area contributed by atoms with Crippen LogP contribution in [-0.2, 0) is 14.9 Å². The van der Waals surface area contributed by atoms with Gasteiger partial charge >= 0.3 is 10.1 Å². The van der Waals surface area contributed by atoms with Crippen molar-refractivity contribution in [2.24, 2.45) is 0 Å². The van der Waals surface area contributed by atoms with Gasteiger partial charge in [-0.05, 0) is 55.0 Å². The Morgan fingerprint density at radius 2 is 1.76 bits per heavy atom. The number of carbonyl (C=O) groups excluding carboxylic acids is 1. The van der Waals surface area contributed by atoms with Gasteiger partial charge in [-0.3, -0.25) is 4.79 Å². The van der Waals surface area contributed by atoms with Gasteiger partial charge in [-0.2, -0.15) is 13.7 Å². The molecule has 0 unspecified atom stereocenters. The zero-order chi connectivity index (χ0) is 24.9. The lowest BCUT2D eigenvalue weighted by molar-refractivity contribution is -0.112. The first-order valence-electron chi connectivity index (χ1n) is 9.71. The van der Waals surface area contributed by atoms with Gasteiger partial charge in [0.25, 0.3) is 5.91 Å². The molecule has 34 heavy (non-hydrogen) atoms. The molecule has 0 aliphatic rings. The SMILES string of the molecule is COc1ccc(/C=C(\C#N)C(=O)Nc2cccc(Cl)c2Cl)cc1OS(=O)(=O)c1ccc(C)cc1. The third-order valence-corrected chi connectivity index (χ3v) is 6.64. The second-order valence-corrected chi connectivity index (χ2v) is 9.32. The topological polar surface area (TPSA) is 105 Å². The first-order chi connectivity index (χ1) is 16.1. The summed E-state index contributed by atoms with van der Waals surface area (Å²) in [4.78, 5) is 12.6. The maximum Gasteiger partial charge on any atom is 0.339 e. The van der Waals surface area contributed by atoms with Crippen LogP contribution in [0.3, 0.4) is 0 Å². The van der Waals surface area contributed by atoms with E-state index in [1.807, 2.05) is 13.0 Å². The number of hydrogen-bond donors (Lipinski definition) is 1. The highest BCUT2D eigenvalue weighted by Gasteiger charge is 2.20. The van der Waals surface area contributed by atoms with Crippen LogP contribution in [0.25, 0.3) is 6.08 Å². The quantitative estimate of drug-likeness (QED) is 0.248. The highest BCUT2D eigenvalue weighted by atomic mass is 35.5. The number of nitriles is 1. The Morgan fingerprint density at radius 1 is 1.06 bits per heavy atom. The Labute approximate surface area is 207 Å². The summed E-state index contributed by atoms with van der Waals surface area (Å²) in [6.07, 6.45) is 1.28. The molecule has 0 heterocycles. The average molecular weight is 517 g/mol. The minimum absolute atomic E-state index is 0.0309. The molecule has 0 aromatic heterocycles. The number of ether oxygens (including phenoxy) is 1. The fourth-order valence-corrected chi connectivity index (χ4v) is 4.10. The van der Waals surface area contributed by atoms with Gasteiger partial charge in [-0.25, -0.2) is 0 Å². The molecule has 3 rings (SSSR count). The standard InChI is InChI=1S/C24H18Cl2N2O5S/c1-15-6-9-18(10-7-15)34(30,31)33-22-13-16(8-11-21(22)32-2)12-17(14-27)24(29)28-20-5-3-4-19(25)23(20)26/h3-13H,1-2H3,(H,28,29)/b17-12+. The number of anilines is 1. The number of amides is 1. The largest absolute Gasteiger partial charge is 0.493 e. The van der Waals surface area contributed by atoms with E-state index in [1.54, 1.807) is 30.3 Å². The zero-order valence-electron chi connectivity index (χ0n) is 18.0. The smallest absolute Gasteiger partial charge is 0.339 e. The third kappa shape index (κ3) is 5.88. The molecule has 0 fully saturated rings. The first-order valence-corrected chi connectivity index (χ1v) is 11.9. The van der Waals surface area contributed by atoms with E-state index in [1.165, 1.54) is 43.5 Å². The second-order valence-electron chi connectivity index (χ2n) is 6.99. The molecule has 1 amide bonds. The van der Waals surface area contributed by atoms with Crippen LogP contribution in [0.2, 0.25) is 10.0 Å². The van der Waals surface area contributed by atoms with Gasteiger partial charge in [0, 0.05) is 0 Å². The molecule has 1 N–H and O–H groups in total. The summed E-state index contributed by atoms with van der Waals surface area (Å²) in [5, 5.41) is 12.4. The molecule has 0 radical (unpaired) electrons. The Kier molecular flexibility index (Phi) is 7.84. The van der Waals surface area contributed by atoms with Crippen molar-refractivity contribution in [1.82, 2.24) is 0 Å². The van der Waals surface area contributed by atoms with E-state index >= 15 is 0 Å². The average Bonchev–Trinajstić information content (AvgIpc) is 2.80. The number of methoxy groups -OCH3 is 1. The number of rotatable bonds is 7. The van der Waals surface area contributed by atoms with Crippen LogP contribution in [-0.4, -0.2) is 21.4 Å². The molecule has 0 aliphatic carbocycles. The van der Waals surface area contributed by atoms with Gasteiger partial charge in [0.2, 0.25) is 0 Å². The lowest BCUT2D eigenvalue weighted by Gasteiger charge is -2.12. The van der Waals surface area contributed by atoms with E-state index in [-0.39, 0.29) is 37.7 Å². The van der Waals surface area contributed by atoms with Gasteiger partial charge in [0.15, 0.2) is 11.5 Å². The maximum absolute atomic E-state index is 12.7. The summed E-state index contributed by atoms with van der Waals surface area (Å²) in [7, 11) is -2.79. The number of halogens is 2. The number of benzene rings is 3. The van der Waals surface area contributed by atoms with E-state index in [0.29, 0.717) is 5.56 Å². The van der Waals surface area contributed by atoms with Gasteiger partial charge in [-0.1, -0.05) is 53.0 Å². The van der Waals surface area contributed by atoms with Crippen LogP contribution in [0.15, 0.2) is 71.1 Å². The molecule has 10 heteroatoms. The van der Waals surface area contributed by atoms with Crippen molar-refractivity contribution < 1.29 is 22.1 Å². The monoisotopic (exact) mass is 516 g/mol. The van der Waals surface area contributed by atoms with Gasteiger partial charge in [-0.15, -0.1) is 0 Å². The molecular weight excluding hydrogens is 499 g/mol. The number of hydrogen-bond acceptors (Lipinski definition) is 6. The molecular formula is C24H18Cl2N2O5S. The Bertz CT molecular complexity index is 1410. The number of carbonyl (C=O) groups is 1. The molecule has 3 aromatic rings. The molecule has 0 saturated heterocycles. The summed E-state index contributed by atoms with van der Waals surface area (Å²) in [5.41, 5.74) is 1.21. The maximum atomic E-state index is 12.7. The van der Waals surface area contributed by atoms with Crippen LogP contribution in [0.1, 0.15) is 11.1 Å². The van der Waals surface area contributed by atoms with Crippen LogP contribution in [0.4, 0.5) is 5.69 Å². The Hall–Kier alpha value is -3.51. The molecule has 7 nitrogen and oxygen atoms in total. The van der Waals surface area contributed by atoms with Crippen molar-refractivity contribution >= 4 is 51.0 Å². The number of nitrogens with zero attached hydrogens (tertiary/aromatic N) is 1. The van der Waals surface area contributed by atoms with Crippen molar-refractivity contribution in [3.63, 3.8) is 0 Å². The van der Waals surface area contributed by atoms with Crippen LogP contribution in [0, 0.1) is 18.3 Å². The van der Waals surface area contributed by atoms with Crippen LogP contribution < -0.4 is 14.2 Å². The third-order valence-electron chi connectivity index (χ3n) is 4.57. The lowest BCUT2D eigenvalue weighted by atomic mass is 10.1. The van der Waals surface area contributed by atoms with E-state index in [4.69, 9.17) is 32.1 Å². The summed E-state index contributed by atoms with van der Waals surface area (Å²) in [6.45, 7) is 1.83. The minimum Gasteiger partial charge on any atom is -0.493 e. The summed E-state index contributed by atoms with van der Waals surface area (Å²) in [5.74, 6) is -0.675. The first kappa shape index (κ1) is 25.1. The fourth-order valence-electron chi connectivity index (χ4n) is 2.82. The molecule has 174 valence electrons. The second kappa shape index (κ2) is 10.6. The van der Waals surface area contributed by atoms with Crippen LogP contribution >= 0.6 is 23.2 Å². The highest BCUT2D eigenvalue weighted by molar-refractivity contribution is 7.87. The molecule has 0 aliphatic heterocycles. The van der Waals surface area contributed by atoms with Gasteiger partial charge in [0.05, 0.1) is 22.8 Å². The zero-order valence-corrected chi connectivity index (χ0v) is 20.3. The summed E-state index contributed by atoms with van der Waals surface area (Å²) >= 11 is 12.0. The van der Waals surface area contributed by atoms with Crippen molar-refractivity contribution in [1.29, 1.82) is 5.26 Å². The highest BCUT2D eigenvalue weighted by Crippen LogP contribution is 2.32. The molecule has 0 saturated carbocycles. The van der Waals surface area contributed by atoms with Crippen molar-refractivity contribution in [3.05, 3.63) is 87.4 Å². The number of aryl methyl sites for hydroxylation is 1. The minimum atomic E-state index is -4.15. The van der Waals surface area contributed by atoms with Gasteiger partial charge < -0.3 is 14.2 Å². The molecule has 0 spiro atoms. The Morgan fingerprint density at radius 3 is 2.41 bits per heavy atom. The normalized spacial score (nSPS) is 11.4. The molecule has 0 bridgehead atoms. The fraction of sp³-hybridized carbons (Fsp3) is 0.0833. The summed E-state index contributed by atoms with van der Waals surface area (Å²) < 4.78 is 35.9. The predicted molar refractivity (Wildman–Crippen MR) is 131 cm³/mol. The lowest BCUT2D eigenvalue weighted by Crippen LogP contribution is -2.14. The molecule has 3 aromatic carbocycles. The molecule has 0 atom stereocenters. The van der Waals surface area contributed by atoms with Crippen LogP contribution in [0.5, 0.6) is 11.5 Å². The predicted octanol–water partition coefficient (Wildman–Crippen LogP) is 5.62. The van der Waals surface area contributed by atoms with E-state index in [9.17, 15) is 18.5 Å². The van der Waals surface area contributed by atoms with Crippen molar-refractivity contribution in [2.75, 3.05) is 12.4 Å². The van der Waals surface area contributed by atoms with Gasteiger partial charge in [0.1, 0.15) is 16.5 Å². The van der Waals surface area contributed by atoms with Crippen molar-refractivity contribution in [3.8, 4) is 17.6 Å². The van der Waals surface area contributed by atoms with E-state index < -0.39 is 16.0 Å². The summed E-state index contributed by atoms with van der Waals surface area (Å²) in [6, 6.07) is 17.0. The van der Waals surface area contributed by atoms with Crippen molar-refractivity contribution in [2.45, 2.75) is 11.8 Å². The van der Waals surface area contributed by atoms with E-state index in [0.717, 1.165) is 5.56 Å².